The number of fused-ring (bicyclic) bond motifs is 1. The number of amides is 1. The number of benzene rings is 2. The van der Waals surface area contributed by atoms with Gasteiger partial charge in [0.05, 0.1) is 23.4 Å². The number of aromatic nitrogens is 1. The zero-order valence-electron chi connectivity index (χ0n) is 17.7. The van der Waals surface area contributed by atoms with Gasteiger partial charge < -0.3 is 14.0 Å². The summed E-state index contributed by atoms with van der Waals surface area (Å²) in [4.78, 5) is 30.3. The first-order valence-electron chi connectivity index (χ1n) is 10.1. The van der Waals surface area contributed by atoms with Gasteiger partial charge >= 0.3 is 5.97 Å². The lowest BCUT2D eigenvalue weighted by Crippen LogP contribution is -2.29. The van der Waals surface area contributed by atoms with Gasteiger partial charge in [-0.1, -0.05) is 36.0 Å². The first-order chi connectivity index (χ1) is 14.5. The van der Waals surface area contributed by atoms with Gasteiger partial charge in [0.15, 0.2) is 4.80 Å². The average molecular weight is 427 g/mol. The fourth-order valence-electron chi connectivity index (χ4n) is 3.20. The van der Waals surface area contributed by atoms with E-state index in [1.807, 2.05) is 51.1 Å². The first-order valence-corrected chi connectivity index (χ1v) is 10.9. The van der Waals surface area contributed by atoms with Gasteiger partial charge in [-0.2, -0.15) is 4.99 Å². The van der Waals surface area contributed by atoms with Crippen molar-refractivity contribution in [2.24, 2.45) is 4.99 Å². The van der Waals surface area contributed by atoms with Gasteiger partial charge in [0, 0.05) is 5.56 Å². The molecule has 30 heavy (non-hydrogen) atoms. The number of carbonyl (C=O) groups excluding carboxylic acids is 2. The molecule has 0 aliphatic rings. The lowest BCUT2D eigenvalue weighted by molar-refractivity contribution is -0.147. The Kier molecular flexibility index (Phi) is 7.05. The molecule has 0 spiro atoms. The van der Waals surface area contributed by atoms with Crippen LogP contribution in [0.15, 0.2) is 47.5 Å². The molecule has 0 aliphatic heterocycles. The Labute approximate surface area is 179 Å². The van der Waals surface area contributed by atoms with Crippen molar-refractivity contribution in [3.05, 3.63) is 58.4 Å². The summed E-state index contributed by atoms with van der Waals surface area (Å²) >= 11 is 1.36. The molecule has 1 unspecified atom stereocenters. The van der Waals surface area contributed by atoms with Crippen molar-refractivity contribution < 1.29 is 19.1 Å². The molecular weight excluding hydrogens is 400 g/mol. The van der Waals surface area contributed by atoms with Crippen LogP contribution in [0, 0.1) is 6.92 Å². The number of thiazole rings is 1. The van der Waals surface area contributed by atoms with E-state index < -0.39 is 6.04 Å². The van der Waals surface area contributed by atoms with Gasteiger partial charge in [0.2, 0.25) is 0 Å². The summed E-state index contributed by atoms with van der Waals surface area (Å²) in [5.41, 5.74) is 2.39. The summed E-state index contributed by atoms with van der Waals surface area (Å²) in [6, 6.07) is 12.4. The van der Waals surface area contributed by atoms with Crippen molar-refractivity contribution in [3.8, 4) is 5.75 Å². The third kappa shape index (κ3) is 4.62. The summed E-state index contributed by atoms with van der Waals surface area (Å²) in [6.07, 6.45) is 0.518. The van der Waals surface area contributed by atoms with E-state index in [1.165, 1.54) is 11.3 Å². The summed E-state index contributed by atoms with van der Waals surface area (Å²) in [5, 5.41) is 0. The average Bonchev–Trinajstić information content (AvgIpc) is 3.06. The zero-order chi connectivity index (χ0) is 21.7. The summed E-state index contributed by atoms with van der Waals surface area (Å²) in [5.74, 6) is 0.0517. The Morgan fingerprint density at radius 2 is 1.80 bits per heavy atom. The van der Waals surface area contributed by atoms with Crippen LogP contribution >= 0.6 is 11.3 Å². The predicted octanol–water partition coefficient (Wildman–Crippen LogP) is 4.67. The van der Waals surface area contributed by atoms with Crippen LogP contribution < -0.4 is 9.54 Å². The first kappa shape index (κ1) is 21.8. The number of nitrogens with zero attached hydrogens (tertiary/aromatic N) is 2. The topological polar surface area (TPSA) is 69.9 Å². The molecule has 1 heterocycles. The molecule has 3 aromatic rings. The highest BCUT2D eigenvalue weighted by molar-refractivity contribution is 7.16. The molecule has 0 bridgehead atoms. The Bertz CT molecular complexity index is 1110. The van der Waals surface area contributed by atoms with Crippen LogP contribution in [-0.2, 0) is 9.53 Å². The quantitative estimate of drug-likeness (QED) is 0.515. The minimum atomic E-state index is -0.568. The molecule has 0 aliphatic carbocycles. The highest BCUT2D eigenvalue weighted by Crippen LogP contribution is 2.27. The maximum absolute atomic E-state index is 12.8. The standard InChI is InChI=1S/C23H26N2O4S/c1-5-18(22(27)29-7-3)25-19-13-12-17(28-6-2)14-20(19)30-23(25)24-21(26)16-10-8-15(4)9-11-16/h8-14,18H,5-7H2,1-4H3. The van der Waals surface area contributed by atoms with E-state index in [1.54, 1.807) is 23.6 Å². The number of aryl methyl sites for hydroxylation is 1. The Balaban J connectivity index is 2.18. The Hall–Kier alpha value is -2.93. The minimum absolute atomic E-state index is 0.293. The maximum Gasteiger partial charge on any atom is 0.329 e. The lowest BCUT2D eigenvalue weighted by Gasteiger charge is -2.16. The molecule has 0 N–H and O–H groups in total. The van der Waals surface area contributed by atoms with E-state index in [-0.39, 0.29) is 11.9 Å². The summed E-state index contributed by atoms with van der Waals surface area (Å²) < 4.78 is 13.6. The van der Waals surface area contributed by atoms with Crippen LogP contribution in [0.3, 0.4) is 0 Å². The van der Waals surface area contributed by atoms with Gasteiger partial charge in [-0.15, -0.1) is 0 Å². The van der Waals surface area contributed by atoms with Crippen molar-refractivity contribution >= 4 is 33.4 Å². The second-order valence-corrected chi connectivity index (χ2v) is 7.79. The van der Waals surface area contributed by atoms with Gasteiger partial charge in [-0.25, -0.2) is 4.79 Å². The highest BCUT2D eigenvalue weighted by atomic mass is 32.1. The molecule has 3 rings (SSSR count). The van der Waals surface area contributed by atoms with E-state index in [2.05, 4.69) is 4.99 Å². The molecule has 1 aromatic heterocycles. The Morgan fingerprint density at radius 1 is 1.07 bits per heavy atom. The predicted molar refractivity (Wildman–Crippen MR) is 118 cm³/mol. The number of hydrogen-bond donors (Lipinski definition) is 0. The largest absolute Gasteiger partial charge is 0.494 e. The second kappa shape index (κ2) is 9.71. The molecule has 0 fully saturated rings. The van der Waals surface area contributed by atoms with Gasteiger partial charge in [-0.05, 0) is 57.5 Å². The third-order valence-corrected chi connectivity index (χ3v) is 5.68. The lowest BCUT2D eigenvalue weighted by atomic mass is 10.1. The molecular formula is C23H26N2O4S. The molecule has 1 amide bonds. The molecule has 158 valence electrons. The van der Waals surface area contributed by atoms with Crippen LogP contribution in [-0.4, -0.2) is 29.7 Å². The van der Waals surface area contributed by atoms with Crippen LogP contribution in [0.1, 0.15) is 49.2 Å². The molecule has 1 atom stereocenters. The number of hydrogen-bond acceptors (Lipinski definition) is 5. The number of esters is 1. The molecule has 0 saturated carbocycles. The maximum atomic E-state index is 12.8. The van der Waals surface area contributed by atoms with Crippen LogP contribution in [0.5, 0.6) is 5.75 Å². The van der Waals surface area contributed by atoms with Crippen molar-refractivity contribution in [3.63, 3.8) is 0 Å². The SMILES string of the molecule is CCOC(=O)C(CC)n1c(=NC(=O)c2ccc(C)cc2)sc2cc(OCC)ccc21. The fraction of sp³-hybridized carbons (Fsp3) is 0.348. The van der Waals surface area contributed by atoms with Crippen molar-refractivity contribution in [1.82, 2.24) is 4.57 Å². The number of rotatable bonds is 7. The minimum Gasteiger partial charge on any atom is -0.494 e. The number of carbonyl (C=O) groups is 2. The molecule has 0 saturated heterocycles. The van der Waals surface area contributed by atoms with Crippen molar-refractivity contribution in [2.75, 3.05) is 13.2 Å². The second-order valence-electron chi connectivity index (χ2n) is 6.78. The third-order valence-electron chi connectivity index (χ3n) is 4.66. The summed E-state index contributed by atoms with van der Waals surface area (Å²) in [7, 11) is 0. The van der Waals surface area contributed by atoms with Gasteiger partial charge in [0.1, 0.15) is 11.8 Å². The van der Waals surface area contributed by atoms with Crippen LogP contribution in [0.4, 0.5) is 0 Å². The van der Waals surface area contributed by atoms with Gasteiger partial charge in [0.25, 0.3) is 5.91 Å². The van der Waals surface area contributed by atoms with E-state index in [9.17, 15) is 9.59 Å². The zero-order valence-corrected chi connectivity index (χ0v) is 18.5. The van der Waals surface area contributed by atoms with Gasteiger partial charge in [-0.3, -0.25) is 4.79 Å². The van der Waals surface area contributed by atoms with E-state index in [0.717, 1.165) is 21.5 Å². The number of ether oxygens (including phenoxy) is 2. The van der Waals surface area contributed by atoms with E-state index in [0.29, 0.717) is 30.0 Å². The highest BCUT2D eigenvalue weighted by Gasteiger charge is 2.24. The molecule has 6 nitrogen and oxygen atoms in total. The normalized spacial score (nSPS) is 12.7. The fourth-order valence-corrected chi connectivity index (χ4v) is 4.30. The van der Waals surface area contributed by atoms with Crippen molar-refractivity contribution in [2.45, 2.75) is 40.2 Å². The van der Waals surface area contributed by atoms with Crippen molar-refractivity contribution in [1.29, 1.82) is 0 Å². The van der Waals surface area contributed by atoms with Crippen LogP contribution in [0.25, 0.3) is 10.2 Å². The van der Waals surface area contributed by atoms with E-state index in [4.69, 9.17) is 9.47 Å². The molecule has 2 aromatic carbocycles. The Morgan fingerprint density at radius 3 is 2.43 bits per heavy atom. The van der Waals surface area contributed by atoms with Crippen LogP contribution in [0.2, 0.25) is 0 Å². The molecule has 7 heteroatoms. The smallest absolute Gasteiger partial charge is 0.329 e. The summed E-state index contributed by atoms with van der Waals surface area (Å²) in [6.45, 7) is 8.43. The molecule has 0 radical (unpaired) electrons. The van der Waals surface area contributed by atoms with E-state index >= 15 is 0 Å². The monoisotopic (exact) mass is 426 g/mol.